The molecule has 4 nitrogen and oxygen atoms in total. The van der Waals surface area contributed by atoms with E-state index < -0.39 is 0 Å². The first-order chi connectivity index (χ1) is 8.79. The summed E-state index contributed by atoms with van der Waals surface area (Å²) in [6, 6.07) is 7.91. The molecule has 0 bridgehead atoms. The highest BCUT2D eigenvalue weighted by Crippen LogP contribution is 2.16. The molecule has 1 aliphatic heterocycles. The van der Waals surface area contributed by atoms with E-state index in [1.165, 1.54) is 5.56 Å². The van der Waals surface area contributed by atoms with Crippen molar-refractivity contribution in [3.8, 4) is 6.07 Å². The maximum Gasteiger partial charge on any atom is 0.0992 e. The Labute approximate surface area is 108 Å². The average molecular weight is 245 g/mol. The number of hydrogen-bond donors (Lipinski definition) is 1. The quantitative estimate of drug-likeness (QED) is 0.875. The van der Waals surface area contributed by atoms with Gasteiger partial charge in [0.05, 0.1) is 24.8 Å². The van der Waals surface area contributed by atoms with Gasteiger partial charge in [0.2, 0.25) is 0 Å². The monoisotopic (exact) mass is 245 g/mol. The first-order valence-electron chi connectivity index (χ1n) is 6.34. The zero-order valence-electron chi connectivity index (χ0n) is 10.8. The third-order valence-corrected chi connectivity index (χ3v) is 3.21. The second kappa shape index (κ2) is 6.39. The Balaban J connectivity index is 1.84. The molecule has 4 heteroatoms. The van der Waals surface area contributed by atoms with Crippen LogP contribution in [0.1, 0.15) is 11.1 Å². The van der Waals surface area contributed by atoms with Gasteiger partial charge >= 0.3 is 0 Å². The van der Waals surface area contributed by atoms with Gasteiger partial charge in [0.1, 0.15) is 0 Å². The van der Waals surface area contributed by atoms with E-state index in [4.69, 9.17) is 10.00 Å². The lowest BCUT2D eigenvalue weighted by molar-refractivity contribution is 0.0398. The highest BCUT2D eigenvalue weighted by molar-refractivity contribution is 5.55. The van der Waals surface area contributed by atoms with Crippen molar-refractivity contribution < 1.29 is 4.74 Å². The van der Waals surface area contributed by atoms with Gasteiger partial charge in [0.15, 0.2) is 0 Å². The van der Waals surface area contributed by atoms with Gasteiger partial charge in [-0.15, -0.1) is 0 Å². The fourth-order valence-corrected chi connectivity index (χ4v) is 2.06. The van der Waals surface area contributed by atoms with Crippen LogP contribution in [0.5, 0.6) is 0 Å². The lowest BCUT2D eigenvalue weighted by Gasteiger charge is -2.26. The minimum Gasteiger partial charge on any atom is -0.384 e. The average Bonchev–Trinajstić information content (AvgIpc) is 2.42. The molecule has 1 fully saturated rings. The number of rotatable bonds is 4. The maximum absolute atomic E-state index is 8.88. The molecule has 0 unspecified atom stereocenters. The lowest BCUT2D eigenvalue weighted by atomic mass is 10.1. The van der Waals surface area contributed by atoms with Crippen LogP contribution < -0.4 is 5.32 Å². The third-order valence-electron chi connectivity index (χ3n) is 3.21. The molecule has 0 atom stereocenters. The summed E-state index contributed by atoms with van der Waals surface area (Å²) in [4.78, 5) is 2.39. The molecule has 0 saturated carbocycles. The van der Waals surface area contributed by atoms with Crippen LogP contribution in [0.3, 0.4) is 0 Å². The normalized spacial score (nSPS) is 16.2. The SMILES string of the molecule is Cc1ccc(C#N)cc1NCCN1CCOCC1. The summed E-state index contributed by atoms with van der Waals surface area (Å²) in [6.07, 6.45) is 0. The summed E-state index contributed by atoms with van der Waals surface area (Å²) in [6.45, 7) is 7.66. The van der Waals surface area contributed by atoms with Gasteiger partial charge in [-0.25, -0.2) is 0 Å². The fourth-order valence-electron chi connectivity index (χ4n) is 2.06. The van der Waals surface area contributed by atoms with E-state index in [9.17, 15) is 0 Å². The van der Waals surface area contributed by atoms with Gasteiger partial charge in [-0.3, -0.25) is 4.90 Å². The zero-order chi connectivity index (χ0) is 12.8. The van der Waals surface area contributed by atoms with Crippen molar-refractivity contribution in [2.45, 2.75) is 6.92 Å². The van der Waals surface area contributed by atoms with Gasteiger partial charge in [-0.05, 0) is 24.6 Å². The number of aryl methyl sites for hydroxylation is 1. The van der Waals surface area contributed by atoms with Crippen LogP contribution in [0.15, 0.2) is 18.2 Å². The summed E-state index contributed by atoms with van der Waals surface area (Å²) in [7, 11) is 0. The van der Waals surface area contributed by atoms with Crippen molar-refractivity contribution in [2.24, 2.45) is 0 Å². The van der Waals surface area contributed by atoms with Crippen LogP contribution in [0.25, 0.3) is 0 Å². The molecule has 1 heterocycles. The van der Waals surface area contributed by atoms with E-state index in [0.29, 0.717) is 5.56 Å². The van der Waals surface area contributed by atoms with Crippen LogP contribution in [0, 0.1) is 18.3 Å². The van der Waals surface area contributed by atoms with Gasteiger partial charge in [-0.2, -0.15) is 5.26 Å². The maximum atomic E-state index is 8.88. The Bertz CT molecular complexity index is 433. The van der Waals surface area contributed by atoms with Gasteiger partial charge < -0.3 is 10.1 Å². The minimum atomic E-state index is 0.703. The predicted octanol–water partition coefficient (Wildman–Crippen LogP) is 1.61. The number of ether oxygens (including phenoxy) is 1. The van der Waals surface area contributed by atoms with E-state index in [-0.39, 0.29) is 0 Å². The fraction of sp³-hybridized carbons (Fsp3) is 0.500. The number of hydrogen-bond acceptors (Lipinski definition) is 4. The first-order valence-corrected chi connectivity index (χ1v) is 6.34. The number of nitrogens with zero attached hydrogens (tertiary/aromatic N) is 2. The molecule has 1 aromatic rings. The van der Waals surface area contributed by atoms with Crippen LogP contribution in [0.4, 0.5) is 5.69 Å². The second-order valence-electron chi connectivity index (χ2n) is 4.52. The van der Waals surface area contributed by atoms with Crippen molar-refractivity contribution in [3.05, 3.63) is 29.3 Å². The van der Waals surface area contributed by atoms with E-state index in [2.05, 4.69) is 23.2 Å². The Morgan fingerprint density at radius 1 is 1.39 bits per heavy atom. The summed E-state index contributed by atoms with van der Waals surface area (Å²) in [5.41, 5.74) is 2.94. The first kappa shape index (κ1) is 12.9. The molecule has 0 aromatic heterocycles. The van der Waals surface area contributed by atoms with E-state index in [1.54, 1.807) is 0 Å². The molecule has 0 aliphatic carbocycles. The molecule has 0 amide bonds. The van der Waals surface area contributed by atoms with Crippen molar-refractivity contribution in [3.63, 3.8) is 0 Å². The Morgan fingerprint density at radius 2 is 2.17 bits per heavy atom. The van der Waals surface area contributed by atoms with Gasteiger partial charge in [0, 0.05) is 31.9 Å². The molecule has 1 aliphatic rings. The summed E-state index contributed by atoms with van der Waals surface area (Å²) in [5, 5.41) is 12.3. The Morgan fingerprint density at radius 3 is 2.89 bits per heavy atom. The number of nitriles is 1. The second-order valence-corrected chi connectivity index (χ2v) is 4.52. The number of benzene rings is 1. The molecule has 2 rings (SSSR count). The zero-order valence-corrected chi connectivity index (χ0v) is 10.8. The van der Waals surface area contributed by atoms with Crippen LogP contribution >= 0.6 is 0 Å². The topological polar surface area (TPSA) is 48.3 Å². The highest BCUT2D eigenvalue weighted by Gasteiger charge is 2.09. The largest absolute Gasteiger partial charge is 0.384 e. The molecular weight excluding hydrogens is 226 g/mol. The van der Waals surface area contributed by atoms with Crippen molar-refractivity contribution in [1.29, 1.82) is 5.26 Å². The summed E-state index contributed by atoms with van der Waals surface area (Å²) >= 11 is 0. The molecule has 0 radical (unpaired) electrons. The standard InChI is InChI=1S/C14H19N3O/c1-12-2-3-13(11-15)10-14(12)16-4-5-17-6-8-18-9-7-17/h2-3,10,16H,4-9H2,1H3. The number of anilines is 1. The number of nitrogens with one attached hydrogen (secondary N) is 1. The molecule has 0 spiro atoms. The van der Waals surface area contributed by atoms with E-state index in [0.717, 1.165) is 45.1 Å². The van der Waals surface area contributed by atoms with Crippen molar-refractivity contribution in [1.82, 2.24) is 4.90 Å². The van der Waals surface area contributed by atoms with E-state index in [1.807, 2.05) is 18.2 Å². The number of morpholine rings is 1. The molecule has 96 valence electrons. The predicted molar refractivity (Wildman–Crippen MR) is 71.6 cm³/mol. The highest BCUT2D eigenvalue weighted by atomic mass is 16.5. The molecule has 1 saturated heterocycles. The summed E-state index contributed by atoms with van der Waals surface area (Å²) < 4.78 is 5.32. The van der Waals surface area contributed by atoms with E-state index >= 15 is 0 Å². The third kappa shape index (κ3) is 3.46. The van der Waals surface area contributed by atoms with Crippen LogP contribution in [0.2, 0.25) is 0 Å². The van der Waals surface area contributed by atoms with Gasteiger partial charge in [-0.1, -0.05) is 6.07 Å². The summed E-state index contributed by atoms with van der Waals surface area (Å²) in [5.74, 6) is 0. The molecular formula is C14H19N3O. The Hall–Kier alpha value is -1.57. The van der Waals surface area contributed by atoms with Crippen LogP contribution in [-0.2, 0) is 4.74 Å². The van der Waals surface area contributed by atoms with Crippen molar-refractivity contribution >= 4 is 5.69 Å². The smallest absolute Gasteiger partial charge is 0.0992 e. The Kier molecular flexibility index (Phi) is 4.57. The molecule has 1 aromatic carbocycles. The molecule has 18 heavy (non-hydrogen) atoms. The molecule has 1 N–H and O–H groups in total. The minimum absolute atomic E-state index is 0.703. The lowest BCUT2D eigenvalue weighted by Crippen LogP contribution is -2.39. The van der Waals surface area contributed by atoms with Crippen molar-refractivity contribution in [2.75, 3.05) is 44.7 Å². The van der Waals surface area contributed by atoms with Crippen LogP contribution in [-0.4, -0.2) is 44.3 Å². The van der Waals surface area contributed by atoms with Gasteiger partial charge in [0.25, 0.3) is 0 Å².